The first-order chi connectivity index (χ1) is 9.45. The Kier molecular flexibility index (Phi) is 3.74. The second-order valence-corrected chi connectivity index (χ2v) is 4.79. The van der Waals surface area contributed by atoms with Gasteiger partial charge in [-0.1, -0.05) is 12.2 Å². The first-order valence-electron chi connectivity index (χ1n) is 6.20. The van der Waals surface area contributed by atoms with E-state index in [1.807, 2.05) is 6.08 Å². The SMILES string of the molecule is Nc1cc(NC(=O)C2(C(=O)O)CC=CCC2)ccc1F. The van der Waals surface area contributed by atoms with Crippen LogP contribution >= 0.6 is 0 Å². The Morgan fingerprint density at radius 1 is 1.35 bits per heavy atom. The second kappa shape index (κ2) is 5.32. The standard InChI is InChI=1S/C14H15FN2O3/c15-10-5-4-9(8-11(10)16)17-12(18)14(13(19)20)6-2-1-3-7-14/h1-2,4-5,8H,3,6-7,16H2,(H,17,18)(H,19,20). The van der Waals surface area contributed by atoms with Crippen LogP contribution in [0.1, 0.15) is 19.3 Å². The van der Waals surface area contributed by atoms with E-state index in [9.17, 15) is 19.1 Å². The summed E-state index contributed by atoms with van der Waals surface area (Å²) in [7, 11) is 0. The molecular formula is C14H15FN2O3. The number of benzene rings is 1. The van der Waals surface area contributed by atoms with Gasteiger partial charge in [-0.25, -0.2) is 4.39 Å². The Labute approximate surface area is 115 Å². The third kappa shape index (κ3) is 2.49. The molecule has 1 aromatic rings. The summed E-state index contributed by atoms with van der Waals surface area (Å²) in [6, 6.07) is 3.73. The van der Waals surface area contributed by atoms with Crippen LogP contribution in [0.15, 0.2) is 30.4 Å². The normalized spacial score (nSPS) is 21.4. The molecule has 20 heavy (non-hydrogen) atoms. The van der Waals surface area contributed by atoms with Crippen molar-refractivity contribution in [1.29, 1.82) is 0 Å². The average molecular weight is 278 g/mol. The Morgan fingerprint density at radius 3 is 2.65 bits per heavy atom. The first kappa shape index (κ1) is 14.0. The van der Waals surface area contributed by atoms with Crippen LogP contribution in [-0.2, 0) is 9.59 Å². The second-order valence-electron chi connectivity index (χ2n) is 4.79. The van der Waals surface area contributed by atoms with E-state index >= 15 is 0 Å². The maximum atomic E-state index is 13.1. The molecule has 2 rings (SSSR count). The number of carboxylic acid groups (broad SMARTS) is 1. The van der Waals surface area contributed by atoms with E-state index in [2.05, 4.69) is 5.32 Å². The molecule has 1 aromatic carbocycles. The monoisotopic (exact) mass is 278 g/mol. The number of nitrogens with two attached hydrogens (primary N) is 1. The quantitative estimate of drug-likeness (QED) is 0.449. The van der Waals surface area contributed by atoms with Crippen LogP contribution in [0.25, 0.3) is 0 Å². The fourth-order valence-corrected chi connectivity index (χ4v) is 2.20. The smallest absolute Gasteiger partial charge is 0.319 e. The highest BCUT2D eigenvalue weighted by Crippen LogP contribution is 2.34. The summed E-state index contributed by atoms with van der Waals surface area (Å²) in [4.78, 5) is 23.7. The molecule has 1 aliphatic carbocycles. The van der Waals surface area contributed by atoms with Gasteiger partial charge in [-0.05, 0) is 37.5 Å². The molecule has 0 saturated carbocycles. The zero-order valence-corrected chi connectivity index (χ0v) is 10.7. The van der Waals surface area contributed by atoms with Gasteiger partial charge in [0.05, 0.1) is 5.69 Å². The first-order valence-corrected chi connectivity index (χ1v) is 6.20. The largest absolute Gasteiger partial charge is 0.480 e. The number of carboxylic acids is 1. The van der Waals surface area contributed by atoms with E-state index in [1.165, 1.54) is 12.1 Å². The van der Waals surface area contributed by atoms with Crippen molar-refractivity contribution in [1.82, 2.24) is 0 Å². The van der Waals surface area contributed by atoms with Crippen LogP contribution in [-0.4, -0.2) is 17.0 Å². The molecule has 4 N–H and O–H groups in total. The van der Waals surface area contributed by atoms with E-state index in [-0.39, 0.29) is 24.2 Å². The van der Waals surface area contributed by atoms with Crippen molar-refractivity contribution in [3.63, 3.8) is 0 Å². The van der Waals surface area contributed by atoms with E-state index in [1.54, 1.807) is 6.08 Å². The number of allylic oxidation sites excluding steroid dienone is 2. The van der Waals surface area contributed by atoms with Crippen molar-refractivity contribution < 1.29 is 19.1 Å². The van der Waals surface area contributed by atoms with Crippen LogP contribution in [0.5, 0.6) is 0 Å². The molecule has 106 valence electrons. The summed E-state index contributed by atoms with van der Waals surface area (Å²) in [6.07, 6.45) is 4.46. The van der Waals surface area contributed by atoms with Gasteiger partial charge in [0.2, 0.25) is 5.91 Å². The van der Waals surface area contributed by atoms with Crippen LogP contribution in [0.2, 0.25) is 0 Å². The van der Waals surface area contributed by atoms with Crippen molar-refractivity contribution in [2.75, 3.05) is 11.1 Å². The Hall–Kier alpha value is -2.37. The lowest BCUT2D eigenvalue weighted by atomic mass is 9.76. The summed E-state index contributed by atoms with van der Waals surface area (Å²) < 4.78 is 13.1. The molecule has 0 heterocycles. The fraction of sp³-hybridized carbons (Fsp3) is 0.286. The third-order valence-corrected chi connectivity index (χ3v) is 3.47. The van der Waals surface area contributed by atoms with Gasteiger partial charge in [-0.3, -0.25) is 9.59 Å². The number of rotatable bonds is 3. The van der Waals surface area contributed by atoms with Gasteiger partial charge in [0.1, 0.15) is 11.2 Å². The Balaban J connectivity index is 2.23. The molecule has 5 nitrogen and oxygen atoms in total. The summed E-state index contributed by atoms with van der Waals surface area (Å²) in [5.74, 6) is -2.36. The lowest BCUT2D eigenvalue weighted by Crippen LogP contribution is -2.43. The highest BCUT2D eigenvalue weighted by molar-refractivity contribution is 6.08. The van der Waals surface area contributed by atoms with Crippen molar-refractivity contribution in [3.05, 3.63) is 36.2 Å². The molecule has 0 aliphatic heterocycles. The number of hydrogen-bond acceptors (Lipinski definition) is 3. The van der Waals surface area contributed by atoms with Crippen molar-refractivity contribution >= 4 is 23.3 Å². The number of hydrogen-bond donors (Lipinski definition) is 3. The number of aliphatic carboxylic acids is 1. The number of carbonyl (C=O) groups excluding carboxylic acids is 1. The molecule has 0 radical (unpaired) electrons. The Morgan fingerprint density at radius 2 is 2.10 bits per heavy atom. The topological polar surface area (TPSA) is 92.4 Å². The average Bonchev–Trinajstić information content (AvgIpc) is 2.43. The number of carbonyl (C=O) groups is 2. The number of amides is 1. The number of nitrogen functional groups attached to an aromatic ring is 1. The van der Waals surface area contributed by atoms with E-state index in [0.717, 1.165) is 6.07 Å². The highest BCUT2D eigenvalue weighted by atomic mass is 19.1. The molecule has 1 aliphatic rings. The van der Waals surface area contributed by atoms with Gasteiger partial charge in [0.25, 0.3) is 0 Å². The minimum Gasteiger partial charge on any atom is -0.480 e. The number of nitrogens with one attached hydrogen (secondary N) is 1. The predicted molar refractivity (Wildman–Crippen MR) is 72.5 cm³/mol. The van der Waals surface area contributed by atoms with E-state index in [0.29, 0.717) is 6.42 Å². The lowest BCUT2D eigenvalue weighted by molar-refractivity contribution is -0.154. The highest BCUT2D eigenvalue weighted by Gasteiger charge is 2.45. The third-order valence-electron chi connectivity index (χ3n) is 3.47. The van der Waals surface area contributed by atoms with Crippen molar-refractivity contribution in [2.24, 2.45) is 5.41 Å². The zero-order valence-electron chi connectivity index (χ0n) is 10.7. The van der Waals surface area contributed by atoms with Gasteiger partial charge < -0.3 is 16.2 Å². The molecule has 1 amide bonds. The van der Waals surface area contributed by atoms with E-state index in [4.69, 9.17) is 5.73 Å². The molecule has 0 spiro atoms. The molecule has 6 heteroatoms. The van der Waals surface area contributed by atoms with Crippen LogP contribution in [0, 0.1) is 11.2 Å². The summed E-state index contributed by atoms with van der Waals surface area (Å²) in [5.41, 5.74) is 4.12. The lowest BCUT2D eigenvalue weighted by Gasteiger charge is -2.29. The molecule has 1 unspecified atom stereocenters. The minimum atomic E-state index is -1.47. The molecular weight excluding hydrogens is 263 g/mol. The van der Waals surface area contributed by atoms with Gasteiger partial charge in [-0.15, -0.1) is 0 Å². The van der Waals surface area contributed by atoms with Gasteiger partial charge in [0, 0.05) is 5.69 Å². The van der Waals surface area contributed by atoms with Crippen LogP contribution < -0.4 is 11.1 Å². The number of anilines is 2. The molecule has 0 bridgehead atoms. The minimum absolute atomic E-state index is 0.101. The van der Waals surface area contributed by atoms with Crippen molar-refractivity contribution in [2.45, 2.75) is 19.3 Å². The Bertz CT molecular complexity index is 586. The predicted octanol–water partition coefficient (Wildman–Crippen LogP) is 2.16. The maximum Gasteiger partial charge on any atom is 0.319 e. The van der Waals surface area contributed by atoms with E-state index < -0.39 is 23.1 Å². The van der Waals surface area contributed by atoms with Gasteiger partial charge in [0.15, 0.2) is 0 Å². The summed E-state index contributed by atoms with van der Waals surface area (Å²) in [6.45, 7) is 0. The summed E-state index contributed by atoms with van der Waals surface area (Å²) in [5, 5.41) is 11.9. The number of halogens is 1. The molecule has 0 fully saturated rings. The van der Waals surface area contributed by atoms with Crippen LogP contribution in [0.4, 0.5) is 15.8 Å². The van der Waals surface area contributed by atoms with Crippen LogP contribution in [0.3, 0.4) is 0 Å². The molecule has 1 atom stereocenters. The zero-order chi connectivity index (χ0) is 14.8. The molecule has 0 aromatic heterocycles. The van der Waals surface area contributed by atoms with Gasteiger partial charge in [-0.2, -0.15) is 0 Å². The summed E-state index contributed by atoms with van der Waals surface area (Å²) >= 11 is 0. The van der Waals surface area contributed by atoms with Crippen molar-refractivity contribution in [3.8, 4) is 0 Å². The fourth-order valence-electron chi connectivity index (χ4n) is 2.20. The van der Waals surface area contributed by atoms with Gasteiger partial charge >= 0.3 is 5.97 Å². The molecule has 0 saturated heterocycles. The maximum absolute atomic E-state index is 13.1.